The van der Waals surface area contributed by atoms with Crippen molar-refractivity contribution in [2.45, 2.75) is 58.5 Å². The van der Waals surface area contributed by atoms with Gasteiger partial charge < -0.3 is 5.32 Å². The van der Waals surface area contributed by atoms with Crippen molar-refractivity contribution in [1.29, 1.82) is 0 Å². The van der Waals surface area contributed by atoms with Crippen LogP contribution in [0, 0.1) is 13.8 Å². The number of hydrogen-bond acceptors (Lipinski definition) is 2. The summed E-state index contributed by atoms with van der Waals surface area (Å²) in [5.41, 5.74) is 2.06. The maximum Gasteiger partial charge on any atom is 0.222 e. The van der Waals surface area contributed by atoms with Crippen LogP contribution in [0.1, 0.15) is 43.5 Å². The van der Waals surface area contributed by atoms with Crippen LogP contribution >= 0.6 is 15.9 Å². The molecule has 1 saturated carbocycles. The van der Waals surface area contributed by atoms with Crippen molar-refractivity contribution in [2.75, 3.05) is 0 Å². The quantitative estimate of drug-likeness (QED) is 0.929. The zero-order valence-corrected chi connectivity index (χ0v) is 12.6. The molecule has 0 aromatic carbocycles. The summed E-state index contributed by atoms with van der Waals surface area (Å²) < 4.78 is 2.94. The summed E-state index contributed by atoms with van der Waals surface area (Å²) in [6.45, 7) is 4.63. The molecule has 0 saturated heterocycles. The molecule has 1 aliphatic rings. The fourth-order valence-electron chi connectivity index (χ4n) is 2.47. The van der Waals surface area contributed by atoms with E-state index in [0.29, 0.717) is 19.0 Å². The number of carbonyl (C=O) groups excluding carboxylic acids is 1. The Morgan fingerprint density at radius 3 is 2.67 bits per heavy atom. The van der Waals surface area contributed by atoms with E-state index in [1.54, 1.807) is 0 Å². The van der Waals surface area contributed by atoms with Gasteiger partial charge in [0.05, 0.1) is 16.7 Å². The number of nitrogens with one attached hydrogen (secondary N) is 1. The summed E-state index contributed by atoms with van der Waals surface area (Å²) in [5.74, 6) is 0.144. The number of aryl methyl sites for hydroxylation is 2. The molecule has 1 aromatic heterocycles. The number of aromatic nitrogens is 2. The largest absolute Gasteiger partial charge is 0.353 e. The summed E-state index contributed by atoms with van der Waals surface area (Å²) in [4.78, 5) is 11.8. The second-order valence-electron chi connectivity index (χ2n) is 5.01. The van der Waals surface area contributed by atoms with Gasteiger partial charge >= 0.3 is 0 Å². The Hall–Kier alpha value is -0.840. The molecule has 2 rings (SSSR count). The molecule has 0 unspecified atom stereocenters. The lowest BCUT2D eigenvalue weighted by atomic mass is 10.2. The third kappa shape index (κ3) is 3.13. The second kappa shape index (κ2) is 5.87. The lowest BCUT2D eigenvalue weighted by molar-refractivity contribution is -0.122. The Bertz CT molecular complexity index is 436. The SMILES string of the molecule is Cc1nn(CCC(=O)NC2CCCC2)c(C)c1Br. The standard InChI is InChI=1S/C13H20BrN3O/c1-9-13(14)10(2)17(16-9)8-7-12(18)15-11-5-3-4-6-11/h11H,3-8H2,1-2H3,(H,15,18). The topological polar surface area (TPSA) is 46.9 Å². The van der Waals surface area contributed by atoms with Crippen LogP contribution in [0.5, 0.6) is 0 Å². The van der Waals surface area contributed by atoms with E-state index in [-0.39, 0.29) is 5.91 Å². The fourth-order valence-corrected chi connectivity index (χ4v) is 2.75. The number of halogens is 1. The highest BCUT2D eigenvalue weighted by Crippen LogP contribution is 2.20. The second-order valence-corrected chi connectivity index (χ2v) is 5.80. The third-order valence-electron chi connectivity index (χ3n) is 3.56. The number of nitrogens with zero attached hydrogens (tertiary/aromatic N) is 2. The van der Waals surface area contributed by atoms with Gasteiger partial charge in [-0.3, -0.25) is 9.48 Å². The summed E-state index contributed by atoms with van der Waals surface area (Å²) >= 11 is 3.49. The maximum absolute atomic E-state index is 11.8. The molecule has 0 radical (unpaired) electrons. The molecular weight excluding hydrogens is 294 g/mol. The van der Waals surface area contributed by atoms with Crippen molar-refractivity contribution < 1.29 is 4.79 Å². The Balaban J connectivity index is 1.83. The van der Waals surface area contributed by atoms with Crippen LogP contribution < -0.4 is 5.32 Å². The van der Waals surface area contributed by atoms with Gasteiger partial charge in [0, 0.05) is 18.2 Å². The first kappa shape index (κ1) is 13.6. The van der Waals surface area contributed by atoms with E-state index in [2.05, 4.69) is 26.3 Å². The normalized spacial score (nSPS) is 16.2. The van der Waals surface area contributed by atoms with Crippen molar-refractivity contribution in [3.8, 4) is 0 Å². The van der Waals surface area contributed by atoms with Crippen LogP contribution in [0.2, 0.25) is 0 Å². The first-order valence-corrected chi connectivity index (χ1v) is 7.36. The van der Waals surface area contributed by atoms with Crippen LogP contribution in [0.25, 0.3) is 0 Å². The Labute approximate surface area is 116 Å². The molecule has 0 aliphatic heterocycles. The summed E-state index contributed by atoms with van der Waals surface area (Å²) in [6, 6.07) is 0.407. The Morgan fingerprint density at radius 2 is 2.11 bits per heavy atom. The lowest BCUT2D eigenvalue weighted by Crippen LogP contribution is -2.33. The molecule has 1 fully saturated rings. The molecule has 0 atom stereocenters. The molecule has 0 spiro atoms. The predicted molar refractivity (Wildman–Crippen MR) is 74.4 cm³/mol. The number of amides is 1. The van der Waals surface area contributed by atoms with E-state index in [4.69, 9.17) is 0 Å². The molecule has 18 heavy (non-hydrogen) atoms. The van der Waals surface area contributed by atoms with Crippen LogP contribution in [-0.2, 0) is 11.3 Å². The molecule has 100 valence electrons. The monoisotopic (exact) mass is 313 g/mol. The molecule has 1 N–H and O–H groups in total. The van der Waals surface area contributed by atoms with Gasteiger partial charge in [0.2, 0.25) is 5.91 Å². The minimum atomic E-state index is 0.144. The number of hydrogen-bond donors (Lipinski definition) is 1. The van der Waals surface area contributed by atoms with Crippen LogP contribution in [-0.4, -0.2) is 21.7 Å². The Kier molecular flexibility index (Phi) is 4.43. The molecule has 1 amide bonds. The van der Waals surface area contributed by atoms with Gasteiger partial charge in [-0.25, -0.2) is 0 Å². The highest BCUT2D eigenvalue weighted by Gasteiger charge is 2.17. The van der Waals surface area contributed by atoms with Gasteiger partial charge in [-0.1, -0.05) is 12.8 Å². The summed E-state index contributed by atoms with van der Waals surface area (Å²) in [7, 11) is 0. The van der Waals surface area contributed by atoms with Crippen molar-refractivity contribution in [1.82, 2.24) is 15.1 Å². The van der Waals surface area contributed by atoms with E-state index in [9.17, 15) is 4.79 Å². The van der Waals surface area contributed by atoms with Crippen molar-refractivity contribution in [2.24, 2.45) is 0 Å². The van der Waals surface area contributed by atoms with Crippen LogP contribution in [0.3, 0.4) is 0 Å². The highest BCUT2D eigenvalue weighted by molar-refractivity contribution is 9.10. The lowest BCUT2D eigenvalue weighted by Gasteiger charge is -2.12. The average Bonchev–Trinajstić information content (AvgIpc) is 2.92. The molecule has 5 heteroatoms. The van der Waals surface area contributed by atoms with E-state index >= 15 is 0 Å². The van der Waals surface area contributed by atoms with Crippen LogP contribution in [0.15, 0.2) is 4.47 Å². The molecular formula is C13H20BrN3O. The minimum absolute atomic E-state index is 0.144. The fraction of sp³-hybridized carbons (Fsp3) is 0.692. The molecule has 4 nitrogen and oxygen atoms in total. The summed E-state index contributed by atoms with van der Waals surface area (Å²) in [6.07, 6.45) is 5.27. The summed E-state index contributed by atoms with van der Waals surface area (Å²) in [5, 5.41) is 7.50. The van der Waals surface area contributed by atoms with Gasteiger partial charge in [0.15, 0.2) is 0 Å². The zero-order valence-electron chi connectivity index (χ0n) is 11.0. The zero-order chi connectivity index (χ0) is 13.1. The van der Waals surface area contributed by atoms with E-state index in [1.165, 1.54) is 12.8 Å². The van der Waals surface area contributed by atoms with E-state index in [1.807, 2.05) is 18.5 Å². The van der Waals surface area contributed by atoms with E-state index < -0.39 is 0 Å². The highest BCUT2D eigenvalue weighted by atomic mass is 79.9. The Morgan fingerprint density at radius 1 is 1.44 bits per heavy atom. The number of rotatable bonds is 4. The van der Waals surface area contributed by atoms with E-state index in [0.717, 1.165) is 28.7 Å². The van der Waals surface area contributed by atoms with Crippen molar-refractivity contribution in [3.63, 3.8) is 0 Å². The van der Waals surface area contributed by atoms with Crippen LogP contribution in [0.4, 0.5) is 0 Å². The van der Waals surface area contributed by atoms with Crippen molar-refractivity contribution in [3.05, 3.63) is 15.9 Å². The first-order valence-electron chi connectivity index (χ1n) is 6.57. The molecule has 1 heterocycles. The average molecular weight is 314 g/mol. The smallest absolute Gasteiger partial charge is 0.222 e. The van der Waals surface area contributed by atoms with Crippen molar-refractivity contribution >= 4 is 21.8 Å². The predicted octanol–water partition coefficient (Wildman–Crippen LogP) is 2.71. The molecule has 0 bridgehead atoms. The number of carbonyl (C=O) groups is 1. The van der Waals surface area contributed by atoms with Gasteiger partial charge in [0.1, 0.15) is 0 Å². The molecule has 1 aromatic rings. The van der Waals surface area contributed by atoms with Gasteiger partial charge in [0.25, 0.3) is 0 Å². The maximum atomic E-state index is 11.8. The minimum Gasteiger partial charge on any atom is -0.353 e. The third-order valence-corrected chi connectivity index (χ3v) is 4.71. The first-order chi connectivity index (χ1) is 8.58. The van der Waals surface area contributed by atoms with Gasteiger partial charge in [-0.15, -0.1) is 0 Å². The van der Waals surface area contributed by atoms with Gasteiger partial charge in [-0.2, -0.15) is 5.10 Å². The van der Waals surface area contributed by atoms with Gasteiger partial charge in [-0.05, 0) is 42.6 Å². The molecule has 1 aliphatic carbocycles.